The maximum Gasteiger partial charge on any atom is 0.460 e. The van der Waals surface area contributed by atoms with Gasteiger partial charge in [0, 0.05) is 6.32 Å². The van der Waals surface area contributed by atoms with Crippen LogP contribution in [0.5, 0.6) is 0 Å². The van der Waals surface area contributed by atoms with Crippen molar-refractivity contribution >= 4 is 13.2 Å². The summed E-state index contributed by atoms with van der Waals surface area (Å²) in [4.78, 5) is 11.8. The van der Waals surface area contributed by atoms with Crippen molar-refractivity contribution in [2.45, 2.75) is 90.7 Å². The van der Waals surface area contributed by atoms with Gasteiger partial charge in [-0.05, 0) is 55.4 Å². The van der Waals surface area contributed by atoms with Crippen LogP contribution in [0, 0.1) is 0 Å². The van der Waals surface area contributed by atoms with E-state index in [-0.39, 0.29) is 6.32 Å². The van der Waals surface area contributed by atoms with Gasteiger partial charge in [-0.2, -0.15) is 0 Å². The Labute approximate surface area is 133 Å². The maximum atomic E-state index is 13.8. The molecule has 1 aliphatic rings. The van der Waals surface area contributed by atoms with E-state index in [9.17, 15) is 9.18 Å². The van der Waals surface area contributed by atoms with Crippen LogP contribution in [0.25, 0.3) is 0 Å². The number of alkyl carbamates (subject to hydrolysis) is 1. The first-order valence-corrected chi connectivity index (χ1v) is 7.73. The second-order valence-electron chi connectivity index (χ2n) is 7.85. The fourth-order valence-corrected chi connectivity index (χ4v) is 2.09. The van der Waals surface area contributed by atoms with Crippen molar-refractivity contribution in [1.29, 1.82) is 0 Å². The van der Waals surface area contributed by atoms with E-state index in [1.165, 1.54) is 6.92 Å². The average molecular weight is 317 g/mol. The fraction of sp³-hybridized carbons (Fsp3) is 0.933. The van der Waals surface area contributed by atoms with Gasteiger partial charge in [0.25, 0.3) is 0 Å². The molecule has 5 nitrogen and oxygen atoms in total. The lowest BCUT2D eigenvalue weighted by Gasteiger charge is -2.32. The Bertz CT molecular complexity index is 391. The van der Waals surface area contributed by atoms with Gasteiger partial charge in [0.2, 0.25) is 0 Å². The highest BCUT2D eigenvalue weighted by atomic mass is 19.1. The molecule has 0 aliphatic carbocycles. The number of carbonyl (C=O) groups excluding carboxylic acids is 1. The Morgan fingerprint density at radius 2 is 1.68 bits per heavy atom. The zero-order valence-electron chi connectivity index (χ0n) is 15.0. The van der Waals surface area contributed by atoms with Crippen molar-refractivity contribution in [3.05, 3.63) is 0 Å². The van der Waals surface area contributed by atoms with Crippen LogP contribution in [-0.2, 0) is 14.0 Å². The van der Waals surface area contributed by atoms with Gasteiger partial charge in [-0.25, -0.2) is 9.18 Å². The Hall–Kier alpha value is -0.815. The molecule has 0 aromatic rings. The zero-order valence-corrected chi connectivity index (χ0v) is 15.0. The summed E-state index contributed by atoms with van der Waals surface area (Å²) < 4.78 is 30.7. The zero-order chi connectivity index (χ0) is 17.3. The molecule has 128 valence electrons. The van der Waals surface area contributed by atoms with E-state index in [1.807, 2.05) is 27.7 Å². The Kier molecular flexibility index (Phi) is 5.56. The Morgan fingerprint density at radius 1 is 1.23 bits per heavy atom. The van der Waals surface area contributed by atoms with Gasteiger partial charge < -0.3 is 19.4 Å². The van der Waals surface area contributed by atoms with Crippen molar-refractivity contribution in [3.63, 3.8) is 0 Å². The summed E-state index contributed by atoms with van der Waals surface area (Å²) in [6.07, 6.45) is -1.66. The van der Waals surface area contributed by atoms with E-state index in [1.54, 1.807) is 20.8 Å². The van der Waals surface area contributed by atoms with Crippen molar-refractivity contribution in [2.75, 3.05) is 0 Å². The number of halogens is 1. The number of amides is 1. The first-order chi connectivity index (χ1) is 9.73. The summed E-state index contributed by atoms with van der Waals surface area (Å²) in [5.41, 5.74) is -1.58. The number of ether oxygens (including phenoxy) is 1. The molecule has 1 amide bonds. The lowest BCUT2D eigenvalue weighted by Crippen LogP contribution is -2.45. The highest BCUT2D eigenvalue weighted by molar-refractivity contribution is 6.45. The quantitative estimate of drug-likeness (QED) is 0.808. The minimum Gasteiger partial charge on any atom is -0.444 e. The molecule has 1 heterocycles. The van der Waals surface area contributed by atoms with Crippen LogP contribution in [0.3, 0.4) is 0 Å². The molecule has 0 saturated carbocycles. The summed E-state index contributed by atoms with van der Waals surface area (Å²) in [5.74, 6) is 0. The van der Waals surface area contributed by atoms with Crippen molar-refractivity contribution in [1.82, 2.24) is 5.32 Å². The third-order valence-corrected chi connectivity index (χ3v) is 4.01. The minimum atomic E-state index is -1.24. The molecule has 1 fully saturated rings. The van der Waals surface area contributed by atoms with Crippen LogP contribution in [0.1, 0.15) is 55.4 Å². The van der Waals surface area contributed by atoms with Crippen LogP contribution in [0.4, 0.5) is 9.18 Å². The second kappa shape index (κ2) is 6.36. The van der Waals surface area contributed by atoms with E-state index in [0.29, 0.717) is 0 Å². The molecule has 0 spiro atoms. The summed E-state index contributed by atoms with van der Waals surface area (Å²) >= 11 is 0. The molecule has 1 rings (SSSR count). The summed E-state index contributed by atoms with van der Waals surface area (Å²) in [6, 6.07) is -0.732. The average Bonchev–Trinajstić information content (AvgIpc) is 2.42. The summed E-state index contributed by atoms with van der Waals surface area (Å²) in [5, 5.41) is 2.56. The molecule has 1 N–H and O–H groups in total. The molecule has 22 heavy (non-hydrogen) atoms. The van der Waals surface area contributed by atoms with E-state index >= 15 is 0 Å². The van der Waals surface area contributed by atoms with Crippen LogP contribution in [0.15, 0.2) is 0 Å². The highest BCUT2D eigenvalue weighted by Crippen LogP contribution is 2.38. The summed E-state index contributed by atoms with van der Waals surface area (Å²) in [6.45, 7) is 14.4. The largest absolute Gasteiger partial charge is 0.460 e. The predicted octanol–water partition coefficient (Wildman–Crippen LogP) is 3.33. The van der Waals surface area contributed by atoms with Crippen molar-refractivity contribution < 1.29 is 23.2 Å². The van der Waals surface area contributed by atoms with Gasteiger partial charge in [-0.3, -0.25) is 0 Å². The molecule has 1 saturated heterocycles. The lowest BCUT2D eigenvalue weighted by atomic mass is 9.79. The van der Waals surface area contributed by atoms with Gasteiger partial charge in [-0.15, -0.1) is 0 Å². The lowest BCUT2D eigenvalue weighted by molar-refractivity contribution is 0.00578. The van der Waals surface area contributed by atoms with E-state index in [0.717, 1.165) is 0 Å². The molecule has 0 radical (unpaired) electrons. The number of hydrogen-bond donors (Lipinski definition) is 1. The normalized spacial score (nSPS) is 23.0. The Balaban J connectivity index is 2.65. The smallest absolute Gasteiger partial charge is 0.444 e. The molecular formula is C15H29BFNO4. The third-order valence-electron chi connectivity index (χ3n) is 4.01. The number of hydrogen-bond acceptors (Lipinski definition) is 4. The molecular weight excluding hydrogens is 288 g/mol. The monoisotopic (exact) mass is 317 g/mol. The van der Waals surface area contributed by atoms with E-state index in [2.05, 4.69) is 5.32 Å². The van der Waals surface area contributed by atoms with Gasteiger partial charge in [0.05, 0.1) is 17.2 Å². The molecule has 0 aromatic heterocycles. The predicted molar refractivity (Wildman–Crippen MR) is 84.6 cm³/mol. The van der Waals surface area contributed by atoms with E-state index in [4.69, 9.17) is 14.0 Å². The van der Waals surface area contributed by atoms with Crippen molar-refractivity contribution in [2.24, 2.45) is 0 Å². The SMILES string of the molecule is C[C@H](F)[C@@H](CB1OC(C)(C)C(C)(C)O1)NC(=O)OC(C)(C)C. The Morgan fingerprint density at radius 3 is 2.05 bits per heavy atom. The van der Waals surface area contributed by atoms with Gasteiger partial charge in [0.15, 0.2) is 0 Å². The van der Waals surface area contributed by atoms with Gasteiger partial charge >= 0.3 is 13.2 Å². The molecule has 0 aromatic carbocycles. The second-order valence-corrected chi connectivity index (χ2v) is 7.85. The molecule has 0 bridgehead atoms. The maximum absolute atomic E-state index is 13.8. The highest BCUT2D eigenvalue weighted by Gasteiger charge is 2.51. The number of alkyl halides is 1. The molecule has 1 aliphatic heterocycles. The molecule has 7 heteroatoms. The minimum absolute atomic E-state index is 0.226. The van der Waals surface area contributed by atoms with Crippen LogP contribution in [-0.4, -0.2) is 42.2 Å². The summed E-state index contributed by atoms with van der Waals surface area (Å²) in [7, 11) is -0.567. The first-order valence-electron chi connectivity index (χ1n) is 7.73. The standard InChI is InChI=1S/C15H29BFNO4/c1-10(17)11(18-12(19)20-13(2,3)4)9-16-21-14(5,6)15(7,8)22-16/h10-11H,9H2,1-8H3,(H,18,19)/t10-,11+/m0/s1. The topological polar surface area (TPSA) is 56.8 Å². The number of nitrogens with one attached hydrogen (secondary N) is 1. The third kappa shape index (κ3) is 5.12. The molecule has 2 atom stereocenters. The van der Waals surface area contributed by atoms with E-state index < -0.39 is 42.2 Å². The van der Waals surface area contributed by atoms with Gasteiger partial charge in [0.1, 0.15) is 11.8 Å². The fourth-order valence-electron chi connectivity index (χ4n) is 2.09. The van der Waals surface area contributed by atoms with Crippen molar-refractivity contribution in [3.8, 4) is 0 Å². The first kappa shape index (κ1) is 19.2. The van der Waals surface area contributed by atoms with Crippen LogP contribution in [0.2, 0.25) is 6.32 Å². The number of carbonyl (C=O) groups is 1. The number of rotatable bonds is 4. The van der Waals surface area contributed by atoms with Crippen LogP contribution >= 0.6 is 0 Å². The van der Waals surface area contributed by atoms with Gasteiger partial charge in [-0.1, -0.05) is 0 Å². The molecule has 0 unspecified atom stereocenters. The van der Waals surface area contributed by atoms with Crippen LogP contribution < -0.4 is 5.32 Å².